The fourth-order valence-corrected chi connectivity index (χ4v) is 2.52. The molecule has 1 aromatic heterocycles. The summed E-state index contributed by atoms with van der Waals surface area (Å²) in [7, 11) is 3.31. The number of hydrogen-bond donors (Lipinski definition) is 1. The van der Waals surface area contributed by atoms with Crippen molar-refractivity contribution in [1.29, 1.82) is 0 Å². The Morgan fingerprint density at radius 3 is 2.22 bits per heavy atom. The molecule has 0 fully saturated rings. The van der Waals surface area contributed by atoms with Crippen LogP contribution in [0.15, 0.2) is 42.5 Å². The highest BCUT2D eigenvalue weighted by atomic mass is 16.5. The monoisotopic (exact) mass is 309 g/mol. The van der Waals surface area contributed by atoms with Crippen molar-refractivity contribution in [2.75, 3.05) is 26.1 Å². The molecule has 0 spiro atoms. The van der Waals surface area contributed by atoms with Crippen LogP contribution in [0.3, 0.4) is 0 Å². The SMILES string of the molecule is CCNc1nnc(-c2ccc(OC)cc2)c2ccc(OC)cc12. The first kappa shape index (κ1) is 15.1. The van der Waals surface area contributed by atoms with E-state index < -0.39 is 0 Å². The van der Waals surface area contributed by atoms with Crippen LogP contribution in [0.25, 0.3) is 22.0 Å². The van der Waals surface area contributed by atoms with Gasteiger partial charge < -0.3 is 14.8 Å². The summed E-state index contributed by atoms with van der Waals surface area (Å²) in [5.41, 5.74) is 1.84. The molecule has 2 aromatic carbocycles. The minimum absolute atomic E-state index is 0.763. The Hall–Kier alpha value is -2.82. The molecule has 0 saturated heterocycles. The Balaban J connectivity index is 2.18. The van der Waals surface area contributed by atoms with Crippen LogP contribution in [-0.2, 0) is 0 Å². The normalized spacial score (nSPS) is 10.6. The van der Waals surface area contributed by atoms with Crippen molar-refractivity contribution in [1.82, 2.24) is 10.2 Å². The Labute approximate surface area is 135 Å². The smallest absolute Gasteiger partial charge is 0.156 e. The van der Waals surface area contributed by atoms with E-state index >= 15 is 0 Å². The van der Waals surface area contributed by atoms with E-state index in [1.807, 2.05) is 49.4 Å². The average molecular weight is 309 g/mol. The maximum atomic E-state index is 5.34. The van der Waals surface area contributed by atoms with E-state index in [2.05, 4.69) is 15.5 Å². The first-order valence-corrected chi connectivity index (χ1v) is 7.49. The third kappa shape index (κ3) is 2.90. The molecule has 0 atom stereocenters. The molecule has 3 rings (SSSR count). The van der Waals surface area contributed by atoms with Gasteiger partial charge in [-0.05, 0) is 49.4 Å². The van der Waals surface area contributed by atoms with Gasteiger partial charge in [0, 0.05) is 22.9 Å². The number of anilines is 1. The first-order valence-electron chi connectivity index (χ1n) is 7.49. The van der Waals surface area contributed by atoms with Gasteiger partial charge in [0.2, 0.25) is 0 Å². The van der Waals surface area contributed by atoms with Gasteiger partial charge in [-0.1, -0.05) is 0 Å². The third-order valence-corrected chi connectivity index (χ3v) is 3.69. The predicted molar refractivity (Wildman–Crippen MR) is 92.2 cm³/mol. The van der Waals surface area contributed by atoms with Gasteiger partial charge in [-0.15, -0.1) is 10.2 Å². The third-order valence-electron chi connectivity index (χ3n) is 3.69. The van der Waals surface area contributed by atoms with E-state index in [0.29, 0.717) is 0 Å². The average Bonchev–Trinajstić information content (AvgIpc) is 2.62. The minimum atomic E-state index is 0.763. The molecule has 1 heterocycles. The predicted octanol–water partition coefficient (Wildman–Crippen LogP) is 3.75. The molecule has 0 unspecified atom stereocenters. The Kier molecular flexibility index (Phi) is 4.28. The van der Waals surface area contributed by atoms with Crippen LogP contribution >= 0.6 is 0 Å². The number of hydrogen-bond acceptors (Lipinski definition) is 5. The number of nitrogens with one attached hydrogen (secondary N) is 1. The zero-order valence-electron chi connectivity index (χ0n) is 13.5. The summed E-state index contributed by atoms with van der Waals surface area (Å²) >= 11 is 0. The summed E-state index contributed by atoms with van der Waals surface area (Å²) in [5.74, 6) is 2.38. The standard InChI is InChI=1S/C18H19N3O2/c1-4-19-18-16-11-14(23-3)9-10-15(16)17(20-21-18)12-5-7-13(22-2)8-6-12/h5-11H,4H2,1-3H3,(H,19,21). The zero-order valence-corrected chi connectivity index (χ0v) is 13.5. The van der Waals surface area contributed by atoms with E-state index in [1.54, 1.807) is 14.2 Å². The van der Waals surface area contributed by atoms with Crippen LogP contribution in [0, 0.1) is 0 Å². The van der Waals surface area contributed by atoms with Crippen LogP contribution in [-0.4, -0.2) is 31.0 Å². The molecule has 1 N–H and O–H groups in total. The van der Waals surface area contributed by atoms with Gasteiger partial charge in [-0.2, -0.15) is 0 Å². The van der Waals surface area contributed by atoms with Gasteiger partial charge in [-0.3, -0.25) is 0 Å². The molecule has 0 bridgehead atoms. The number of methoxy groups -OCH3 is 2. The van der Waals surface area contributed by atoms with Crippen LogP contribution in [0.5, 0.6) is 11.5 Å². The summed E-state index contributed by atoms with van der Waals surface area (Å²) < 4.78 is 10.6. The van der Waals surface area contributed by atoms with Gasteiger partial charge in [0.15, 0.2) is 5.82 Å². The number of rotatable bonds is 5. The molecule has 0 aliphatic carbocycles. The lowest BCUT2D eigenvalue weighted by Gasteiger charge is -2.11. The van der Waals surface area contributed by atoms with Crippen molar-refractivity contribution < 1.29 is 9.47 Å². The number of aromatic nitrogens is 2. The maximum Gasteiger partial charge on any atom is 0.156 e. The lowest BCUT2D eigenvalue weighted by molar-refractivity contribution is 0.415. The molecular weight excluding hydrogens is 290 g/mol. The van der Waals surface area contributed by atoms with Gasteiger partial charge >= 0.3 is 0 Å². The molecule has 0 aliphatic heterocycles. The van der Waals surface area contributed by atoms with E-state index in [9.17, 15) is 0 Å². The quantitative estimate of drug-likeness (QED) is 0.778. The molecule has 0 amide bonds. The highest BCUT2D eigenvalue weighted by Crippen LogP contribution is 2.32. The van der Waals surface area contributed by atoms with E-state index in [4.69, 9.17) is 9.47 Å². The van der Waals surface area contributed by atoms with Gasteiger partial charge in [0.1, 0.15) is 17.2 Å². The second-order valence-corrected chi connectivity index (χ2v) is 5.07. The fourth-order valence-electron chi connectivity index (χ4n) is 2.52. The van der Waals surface area contributed by atoms with Crippen molar-refractivity contribution >= 4 is 16.6 Å². The summed E-state index contributed by atoms with van der Waals surface area (Å²) in [5, 5.41) is 14.0. The number of nitrogens with zero attached hydrogens (tertiary/aromatic N) is 2. The van der Waals surface area contributed by atoms with E-state index in [-0.39, 0.29) is 0 Å². The van der Waals surface area contributed by atoms with Crippen LogP contribution < -0.4 is 14.8 Å². The molecular formula is C18H19N3O2. The lowest BCUT2D eigenvalue weighted by Crippen LogP contribution is -2.03. The van der Waals surface area contributed by atoms with Crippen molar-refractivity contribution in [2.45, 2.75) is 6.92 Å². The van der Waals surface area contributed by atoms with Crippen LogP contribution in [0.4, 0.5) is 5.82 Å². The van der Waals surface area contributed by atoms with Gasteiger partial charge in [0.05, 0.1) is 14.2 Å². The van der Waals surface area contributed by atoms with Crippen LogP contribution in [0.1, 0.15) is 6.92 Å². The largest absolute Gasteiger partial charge is 0.497 e. The zero-order chi connectivity index (χ0) is 16.2. The summed E-state index contributed by atoms with van der Waals surface area (Å²) in [6.07, 6.45) is 0. The number of ether oxygens (including phenoxy) is 2. The molecule has 0 aliphatic rings. The fraction of sp³-hybridized carbons (Fsp3) is 0.222. The second-order valence-electron chi connectivity index (χ2n) is 5.07. The molecule has 0 saturated carbocycles. The minimum Gasteiger partial charge on any atom is -0.497 e. The van der Waals surface area contributed by atoms with Crippen molar-refractivity contribution in [3.8, 4) is 22.8 Å². The molecule has 5 heteroatoms. The highest BCUT2D eigenvalue weighted by Gasteiger charge is 2.12. The highest BCUT2D eigenvalue weighted by molar-refractivity contribution is 6.00. The molecule has 0 radical (unpaired) electrons. The summed E-state index contributed by atoms with van der Waals surface area (Å²) in [6, 6.07) is 13.7. The molecule has 3 aromatic rings. The summed E-state index contributed by atoms with van der Waals surface area (Å²) in [6.45, 7) is 2.81. The number of fused-ring (bicyclic) bond motifs is 1. The van der Waals surface area contributed by atoms with Crippen LogP contribution in [0.2, 0.25) is 0 Å². The molecule has 118 valence electrons. The van der Waals surface area contributed by atoms with Gasteiger partial charge in [-0.25, -0.2) is 0 Å². The second kappa shape index (κ2) is 6.52. The van der Waals surface area contributed by atoms with E-state index in [0.717, 1.165) is 45.9 Å². The Morgan fingerprint density at radius 2 is 1.57 bits per heavy atom. The molecule has 5 nitrogen and oxygen atoms in total. The lowest BCUT2D eigenvalue weighted by atomic mass is 10.0. The van der Waals surface area contributed by atoms with Crippen molar-refractivity contribution in [2.24, 2.45) is 0 Å². The number of benzene rings is 2. The van der Waals surface area contributed by atoms with Crippen molar-refractivity contribution in [3.63, 3.8) is 0 Å². The first-order chi connectivity index (χ1) is 11.3. The Bertz CT molecular complexity index is 816. The van der Waals surface area contributed by atoms with Gasteiger partial charge in [0.25, 0.3) is 0 Å². The van der Waals surface area contributed by atoms with Crippen molar-refractivity contribution in [3.05, 3.63) is 42.5 Å². The van der Waals surface area contributed by atoms with E-state index in [1.165, 1.54) is 0 Å². The Morgan fingerprint density at radius 1 is 0.870 bits per heavy atom. The summed E-state index contributed by atoms with van der Waals surface area (Å²) in [4.78, 5) is 0. The molecule has 23 heavy (non-hydrogen) atoms. The topological polar surface area (TPSA) is 56.3 Å². The maximum absolute atomic E-state index is 5.34.